The van der Waals surface area contributed by atoms with Crippen LogP contribution in [0.2, 0.25) is 0 Å². The van der Waals surface area contributed by atoms with Crippen molar-refractivity contribution >= 4 is 18.0 Å². The average molecular weight is 376 g/mol. The molecular formula is C19H24N2O6. The standard InChI is InChI=1S/C19H24N2O6/c1-19(2,3)27-17(24)15(11-7-10-14(20)16(22)23)21-18(25)26-12-13-8-5-4-6-9-13/h4-6,8-9,14-15H,10,12,20H2,1-3H3,(H,21,25)(H,22,23). The predicted octanol–water partition coefficient (Wildman–Crippen LogP) is 1.43. The quantitative estimate of drug-likeness (QED) is 0.506. The van der Waals surface area contributed by atoms with Gasteiger partial charge >= 0.3 is 18.0 Å². The van der Waals surface area contributed by atoms with Crippen LogP contribution in [-0.2, 0) is 25.7 Å². The summed E-state index contributed by atoms with van der Waals surface area (Å²) in [6.07, 6.45) is -1.04. The number of aliphatic carboxylic acids is 1. The molecule has 0 fully saturated rings. The van der Waals surface area contributed by atoms with Crippen LogP contribution in [-0.4, -0.2) is 40.8 Å². The van der Waals surface area contributed by atoms with Crippen LogP contribution in [0.3, 0.4) is 0 Å². The van der Waals surface area contributed by atoms with Crippen LogP contribution in [0.4, 0.5) is 4.79 Å². The van der Waals surface area contributed by atoms with Crippen LogP contribution in [0.1, 0.15) is 32.8 Å². The summed E-state index contributed by atoms with van der Waals surface area (Å²) in [5.74, 6) is 2.97. The Kier molecular flexibility index (Phi) is 8.30. The summed E-state index contributed by atoms with van der Waals surface area (Å²) in [5, 5.41) is 11.1. The maximum atomic E-state index is 12.2. The van der Waals surface area contributed by atoms with Gasteiger partial charge in [-0.15, -0.1) is 0 Å². The first kappa shape index (κ1) is 22.0. The minimum absolute atomic E-state index is 0.0189. The minimum Gasteiger partial charge on any atom is -0.480 e. The number of esters is 1. The van der Waals surface area contributed by atoms with Crippen molar-refractivity contribution in [3.63, 3.8) is 0 Å². The van der Waals surface area contributed by atoms with E-state index in [1.165, 1.54) is 0 Å². The monoisotopic (exact) mass is 376 g/mol. The molecule has 2 atom stereocenters. The van der Waals surface area contributed by atoms with Crippen LogP contribution >= 0.6 is 0 Å². The smallest absolute Gasteiger partial charge is 0.408 e. The second-order valence-corrected chi connectivity index (χ2v) is 6.64. The van der Waals surface area contributed by atoms with Crippen molar-refractivity contribution in [3.05, 3.63) is 35.9 Å². The molecule has 1 amide bonds. The first-order valence-electron chi connectivity index (χ1n) is 8.25. The van der Waals surface area contributed by atoms with E-state index in [4.69, 9.17) is 20.3 Å². The largest absolute Gasteiger partial charge is 0.480 e. The molecule has 0 aromatic heterocycles. The van der Waals surface area contributed by atoms with E-state index in [2.05, 4.69) is 17.2 Å². The molecule has 1 rings (SSSR count). The molecule has 0 aliphatic heterocycles. The third kappa shape index (κ3) is 9.28. The third-order valence-corrected chi connectivity index (χ3v) is 3.00. The number of nitrogens with two attached hydrogens (primary N) is 1. The second kappa shape index (κ2) is 10.2. The van der Waals surface area contributed by atoms with Crippen molar-refractivity contribution in [2.45, 2.75) is 51.5 Å². The van der Waals surface area contributed by atoms with Gasteiger partial charge in [0.25, 0.3) is 0 Å². The fourth-order valence-corrected chi connectivity index (χ4v) is 1.76. The lowest BCUT2D eigenvalue weighted by Gasteiger charge is -2.22. The van der Waals surface area contributed by atoms with E-state index >= 15 is 0 Å². The highest BCUT2D eigenvalue weighted by Gasteiger charge is 2.26. The third-order valence-electron chi connectivity index (χ3n) is 3.00. The second-order valence-electron chi connectivity index (χ2n) is 6.64. The Morgan fingerprint density at radius 3 is 2.41 bits per heavy atom. The summed E-state index contributed by atoms with van der Waals surface area (Å²) in [6, 6.07) is 6.50. The number of hydrogen-bond donors (Lipinski definition) is 3. The molecule has 0 bridgehead atoms. The summed E-state index contributed by atoms with van der Waals surface area (Å²) in [4.78, 5) is 34.9. The number of carbonyl (C=O) groups excluding carboxylic acids is 2. The maximum Gasteiger partial charge on any atom is 0.408 e. The SMILES string of the molecule is CC(C)(C)OC(=O)C(C#CCC(N)C(=O)O)NC(=O)OCc1ccccc1. The van der Waals surface area contributed by atoms with E-state index in [1.54, 1.807) is 45.0 Å². The Bertz CT molecular complexity index is 715. The van der Waals surface area contributed by atoms with Gasteiger partial charge in [-0.2, -0.15) is 0 Å². The normalized spacial score (nSPS) is 12.7. The number of alkyl carbamates (subject to hydrolysis) is 1. The molecule has 146 valence electrons. The van der Waals surface area contributed by atoms with Crippen molar-refractivity contribution in [3.8, 4) is 11.8 Å². The van der Waals surface area contributed by atoms with Crippen LogP contribution in [0, 0.1) is 11.8 Å². The van der Waals surface area contributed by atoms with Crippen molar-refractivity contribution in [2.75, 3.05) is 0 Å². The highest BCUT2D eigenvalue weighted by atomic mass is 16.6. The van der Waals surface area contributed by atoms with E-state index in [0.717, 1.165) is 5.56 Å². The van der Waals surface area contributed by atoms with Crippen molar-refractivity contribution in [1.29, 1.82) is 0 Å². The number of rotatable bonds is 6. The van der Waals surface area contributed by atoms with Gasteiger partial charge in [0.2, 0.25) is 0 Å². The number of carboxylic acid groups (broad SMARTS) is 1. The van der Waals surface area contributed by atoms with Crippen molar-refractivity contribution < 1.29 is 29.0 Å². The Morgan fingerprint density at radius 1 is 1.22 bits per heavy atom. The van der Waals surface area contributed by atoms with Crippen molar-refractivity contribution in [2.24, 2.45) is 5.73 Å². The molecule has 0 aliphatic carbocycles. The zero-order chi connectivity index (χ0) is 20.4. The predicted molar refractivity (Wildman–Crippen MR) is 97.4 cm³/mol. The fraction of sp³-hybridized carbons (Fsp3) is 0.421. The number of carbonyl (C=O) groups is 3. The minimum atomic E-state index is -1.31. The molecule has 27 heavy (non-hydrogen) atoms. The zero-order valence-corrected chi connectivity index (χ0v) is 15.5. The molecular weight excluding hydrogens is 352 g/mol. The van der Waals surface area contributed by atoms with Gasteiger partial charge in [-0.3, -0.25) is 10.1 Å². The van der Waals surface area contributed by atoms with E-state index in [0.29, 0.717) is 0 Å². The van der Waals surface area contributed by atoms with Gasteiger partial charge in [0.05, 0.1) is 0 Å². The molecule has 0 heterocycles. The maximum absolute atomic E-state index is 12.2. The molecule has 4 N–H and O–H groups in total. The van der Waals surface area contributed by atoms with Gasteiger partial charge in [-0.25, -0.2) is 9.59 Å². The van der Waals surface area contributed by atoms with Gasteiger partial charge in [0.15, 0.2) is 6.04 Å². The number of nitrogens with one attached hydrogen (secondary N) is 1. The first-order valence-corrected chi connectivity index (χ1v) is 8.25. The molecule has 0 aliphatic rings. The molecule has 2 unspecified atom stereocenters. The highest BCUT2D eigenvalue weighted by molar-refractivity contribution is 5.84. The lowest BCUT2D eigenvalue weighted by Crippen LogP contribution is -2.43. The Hall–Kier alpha value is -3.05. The Labute approximate surface area is 158 Å². The van der Waals surface area contributed by atoms with Crippen LogP contribution in [0.25, 0.3) is 0 Å². The van der Waals surface area contributed by atoms with Crippen LogP contribution in [0.15, 0.2) is 30.3 Å². The summed E-state index contributed by atoms with van der Waals surface area (Å²) < 4.78 is 10.3. The van der Waals surface area contributed by atoms with Gasteiger partial charge < -0.3 is 20.3 Å². The van der Waals surface area contributed by atoms with Gasteiger partial charge in [0.1, 0.15) is 18.2 Å². The lowest BCUT2D eigenvalue weighted by molar-refractivity contribution is -0.155. The number of benzene rings is 1. The summed E-state index contributed by atoms with van der Waals surface area (Å²) in [7, 11) is 0. The fourth-order valence-electron chi connectivity index (χ4n) is 1.76. The number of ether oxygens (including phenoxy) is 2. The van der Waals surface area contributed by atoms with Gasteiger partial charge in [-0.05, 0) is 26.3 Å². The summed E-state index contributed by atoms with van der Waals surface area (Å²) >= 11 is 0. The molecule has 0 saturated heterocycles. The molecule has 1 aromatic rings. The molecule has 0 spiro atoms. The topological polar surface area (TPSA) is 128 Å². The summed E-state index contributed by atoms with van der Waals surface area (Å²) in [6.45, 7) is 5.03. The number of amides is 1. The number of carboxylic acids is 1. The van der Waals surface area contributed by atoms with E-state index in [-0.39, 0.29) is 13.0 Å². The summed E-state index contributed by atoms with van der Waals surface area (Å²) in [5.41, 5.74) is 5.35. The van der Waals surface area contributed by atoms with Crippen LogP contribution in [0.5, 0.6) is 0 Å². The molecule has 0 saturated carbocycles. The van der Waals surface area contributed by atoms with Gasteiger partial charge in [-0.1, -0.05) is 42.2 Å². The van der Waals surface area contributed by atoms with E-state index in [1.807, 2.05) is 6.07 Å². The van der Waals surface area contributed by atoms with Crippen molar-refractivity contribution in [1.82, 2.24) is 5.32 Å². The highest BCUT2D eigenvalue weighted by Crippen LogP contribution is 2.09. The Balaban J connectivity index is 2.74. The van der Waals surface area contributed by atoms with Gasteiger partial charge in [0, 0.05) is 6.42 Å². The number of hydrogen-bond acceptors (Lipinski definition) is 6. The first-order chi connectivity index (χ1) is 12.6. The average Bonchev–Trinajstić information content (AvgIpc) is 2.58. The molecule has 1 aromatic carbocycles. The Morgan fingerprint density at radius 2 is 1.85 bits per heavy atom. The molecule has 0 radical (unpaired) electrons. The molecule has 8 heteroatoms. The lowest BCUT2D eigenvalue weighted by atomic mass is 10.2. The van der Waals surface area contributed by atoms with E-state index in [9.17, 15) is 14.4 Å². The molecule has 8 nitrogen and oxygen atoms in total. The van der Waals surface area contributed by atoms with E-state index < -0.39 is 35.7 Å². The zero-order valence-electron chi connectivity index (χ0n) is 15.5. The van der Waals surface area contributed by atoms with Crippen LogP contribution < -0.4 is 11.1 Å².